The molecular formula is C18H24O. The molecular weight excluding hydrogens is 232 g/mol. The van der Waals surface area contributed by atoms with Crippen LogP contribution in [0, 0.1) is 0 Å². The van der Waals surface area contributed by atoms with Crippen LogP contribution in [0.1, 0.15) is 57.6 Å². The van der Waals surface area contributed by atoms with Crippen LogP contribution in [0.15, 0.2) is 30.3 Å². The molecule has 0 atom stereocenters. The first-order chi connectivity index (χ1) is 9.02. The number of rotatable bonds is 4. The minimum absolute atomic E-state index is 0.482. The van der Waals surface area contributed by atoms with Crippen molar-refractivity contribution in [3.8, 4) is 5.75 Å². The molecule has 0 amide bonds. The predicted molar refractivity (Wildman–Crippen MR) is 83.3 cm³/mol. The van der Waals surface area contributed by atoms with Gasteiger partial charge in [-0.15, -0.1) is 0 Å². The SMILES string of the molecule is CCOc1cc2cc(C(C)C)ccc2cc1C(C)C. The second kappa shape index (κ2) is 5.64. The van der Waals surface area contributed by atoms with Crippen LogP contribution in [0.4, 0.5) is 0 Å². The Hall–Kier alpha value is -1.50. The molecule has 0 radical (unpaired) electrons. The lowest BCUT2D eigenvalue weighted by atomic mass is 9.95. The van der Waals surface area contributed by atoms with E-state index in [0.717, 1.165) is 12.4 Å². The highest BCUT2D eigenvalue weighted by Gasteiger charge is 2.10. The van der Waals surface area contributed by atoms with Crippen molar-refractivity contribution in [3.05, 3.63) is 41.5 Å². The molecule has 0 heterocycles. The van der Waals surface area contributed by atoms with Crippen LogP contribution in [-0.2, 0) is 0 Å². The number of hydrogen-bond acceptors (Lipinski definition) is 1. The third-order valence-electron chi connectivity index (χ3n) is 3.58. The Bertz CT molecular complexity index is 567. The number of fused-ring (bicyclic) bond motifs is 1. The minimum Gasteiger partial charge on any atom is -0.494 e. The zero-order valence-corrected chi connectivity index (χ0v) is 12.7. The average molecular weight is 256 g/mol. The first kappa shape index (κ1) is 13.9. The van der Waals surface area contributed by atoms with E-state index in [1.54, 1.807) is 0 Å². The standard InChI is InChI=1S/C18H24O/c1-6-19-18-11-16-9-14(12(2)3)7-8-15(16)10-17(18)13(4)5/h7-13H,6H2,1-5H3. The van der Waals surface area contributed by atoms with Crippen molar-refractivity contribution in [2.24, 2.45) is 0 Å². The van der Waals surface area contributed by atoms with Gasteiger partial charge in [-0.1, -0.05) is 45.9 Å². The Balaban J connectivity index is 2.60. The van der Waals surface area contributed by atoms with Gasteiger partial charge in [-0.3, -0.25) is 0 Å². The normalized spacial score (nSPS) is 11.5. The van der Waals surface area contributed by atoms with Crippen LogP contribution in [0.2, 0.25) is 0 Å². The fraction of sp³-hybridized carbons (Fsp3) is 0.444. The molecule has 0 fully saturated rings. The van der Waals surface area contributed by atoms with Gasteiger partial charge < -0.3 is 4.74 Å². The highest BCUT2D eigenvalue weighted by atomic mass is 16.5. The van der Waals surface area contributed by atoms with Crippen molar-refractivity contribution in [3.63, 3.8) is 0 Å². The molecule has 19 heavy (non-hydrogen) atoms. The topological polar surface area (TPSA) is 9.23 Å². The average Bonchev–Trinajstić information content (AvgIpc) is 2.37. The van der Waals surface area contributed by atoms with Gasteiger partial charge in [0.25, 0.3) is 0 Å². The van der Waals surface area contributed by atoms with Crippen LogP contribution in [0.5, 0.6) is 5.75 Å². The third-order valence-corrected chi connectivity index (χ3v) is 3.58. The smallest absolute Gasteiger partial charge is 0.123 e. The Morgan fingerprint density at radius 1 is 0.895 bits per heavy atom. The van der Waals surface area contributed by atoms with Gasteiger partial charge in [0.1, 0.15) is 5.75 Å². The van der Waals surface area contributed by atoms with Crippen molar-refractivity contribution in [2.45, 2.75) is 46.5 Å². The van der Waals surface area contributed by atoms with Crippen molar-refractivity contribution in [1.82, 2.24) is 0 Å². The molecule has 0 aliphatic carbocycles. The Morgan fingerprint density at radius 2 is 1.63 bits per heavy atom. The molecule has 2 aromatic carbocycles. The molecule has 0 aromatic heterocycles. The summed E-state index contributed by atoms with van der Waals surface area (Å²) in [6.07, 6.45) is 0. The van der Waals surface area contributed by atoms with Gasteiger partial charge in [0.2, 0.25) is 0 Å². The monoisotopic (exact) mass is 256 g/mol. The third kappa shape index (κ3) is 2.91. The molecule has 102 valence electrons. The van der Waals surface area contributed by atoms with Crippen molar-refractivity contribution in [1.29, 1.82) is 0 Å². The summed E-state index contributed by atoms with van der Waals surface area (Å²) in [7, 11) is 0. The van der Waals surface area contributed by atoms with Gasteiger partial charge in [0.05, 0.1) is 6.61 Å². The molecule has 2 rings (SSSR count). The fourth-order valence-electron chi connectivity index (χ4n) is 2.40. The summed E-state index contributed by atoms with van der Waals surface area (Å²) in [5.41, 5.74) is 2.68. The van der Waals surface area contributed by atoms with E-state index in [0.29, 0.717) is 11.8 Å². The summed E-state index contributed by atoms with van der Waals surface area (Å²) in [5.74, 6) is 2.08. The van der Waals surface area contributed by atoms with Gasteiger partial charge in [-0.25, -0.2) is 0 Å². The Kier molecular flexibility index (Phi) is 4.14. The van der Waals surface area contributed by atoms with E-state index in [4.69, 9.17) is 4.74 Å². The predicted octanol–water partition coefficient (Wildman–Crippen LogP) is 5.49. The zero-order valence-electron chi connectivity index (χ0n) is 12.7. The number of hydrogen-bond donors (Lipinski definition) is 0. The summed E-state index contributed by atoms with van der Waals surface area (Å²) in [5, 5.41) is 2.58. The second-order valence-electron chi connectivity index (χ2n) is 5.74. The molecule has 0 unspecified atom stereocenters. The fourth-order valence-corrected chi connectivity index (χ4v) is 2.40. The van der Waals surface area contributed by atoms with Crippen LogP contribution >= 0.6 is 0 Å². The van der Waals surface area contributed by atoms with Gasteiger partial charge >= 0.3 is 0 Å². The lowest BCUT2D eigenvalue weighted by Gasteiger charge is -2.15. The number of benzene rings is 2. The van der Waals surface area contributed by atoms with Crippen molar-refractivity contribution >= 4 is 10.8 Å². The van der Waals surface area contributed by atoms with Crippen molar-refractivity contribution < 1.29 is 4.74 Å². The zero-order chi connectivity index (χ0) is 14.0. The van der Waals surface area contributed by atoms with Crippen molar-refractivity contribution in [2.75, 3.05) is 6.61 Å². The van der Waals surface area contributed by atoms with E-state index >= 15 is 0 Å². The number of ether oxygens (including phenoxy) is 1. The van der Waals surface area contributed by atoms with E-state index in [1.165, 1.54) is 21.9 Å². The molecule has 1 heteroatoms. The Morgan fingerprint density at radius 3 is 2.21 bits per heavy atom. The molecule has 0 bridgehead atoms. The first-order valence-electron chi connectivity index (χ1n) is 7.23. The molecule has 1 nitrogen and oxygen atoms in total. The summed E-state index contributed by atoms with van der Waals surface area (Å²) in [6.45, 7) is 11.6. The molecule has 0 aliphatic heterocycles. The molecule has 2 aromatic rings. The molecule has 0 saturated heterocycles. The maximum absolute atomic E-state index is 5.81. The largest absolute Gasteiger partial charge is 0.494 e. The summed E-state index contributed by atoms with van der Waals surface area (Å²) in [4.78, 5) is 0. The molecule has 0 spiro atoms. The van der Waals surface area contributed by atoms with Gasteiger partial charge in [-0.2, -0.15) is 0 Å². The second-order valence-corrected chi connectivity index (χ2v) is 5.74. The lowest BCUT2D eigenvalue weighted by Crippen LogP contribution is -1.99. The minimum atomic E-state index is 0.482. The van der Waals surface area contributed by atoms with Gasteiger partial charge in [0, 0.05) is 0 Å². The summed E-state index contributed by atoms with van der Waals surface area (Å²) in [6, 6.07) is 11.2. The highest BCUT2D eigenvalue weighted by molar-refractivity contribution is 5.86. The van der Waals surface area contributed by atoms with Crippen LogP contribution < -0.4 is 4.74 Å². The molecule has 0 N–H and O–H groups in total. The maximum atomic E-state index is 5.81. The van der Waals surface area contributed by atoms with E-state index in [9.17, 15) is 0 Å². The van der Waals surface area contributed by atoms with Crippen LogP contribution in [0.3, 0.4) is 0 Å². The van der Waals surface area contributed by atoms with Gasteiger partial charge in [0.15, 0.2) is 0 Å². The van der Waals surface area contributed by atoms with Gasteiger partial charge in [-0.05, 0) is 52.8 Å². The quantitative estimate of drug-likeness (QED) is 0.703. The maximum Gasteiger partial charge on any atom is 0.123 e. The highest BCUT2D eigenvalue weighted by Crippen LogP contribution is 2.32. The summed E-state index contributed by atoms with van der Waals surface area (Å²) >= 11 is 0. The summed E-state index contributed by atoms with van der Waals surface area (Å²) < 4.78 is 5.81. The van der Waals surface area contributed by atoms with E-state index < -0.39 is 0 Å². The van der Waals surface area contributed by atoms with Crippen LogP contribution in [-0.4, -0.2) is 6.61 Å². The van der Waals surface area contributed by atoms with E-state index in [1.807, 2.05) is 6.92 Å². The Labute approximate surface area is 116 Å². The van der Waals surface area contributed by atoms with Crippen LogP contribution in [0.25, 0.3) is 10.8 Å². The first-order valence-corrected chi connectivity index (χ1v) is 7.23. The lowest BCUT2D eigenvalue weighted by molar-refractivity contribution is 0.335. The molecule has 0 saturated carbocycles. The van der Waals surface area contributed by atoms with E-state index in [2.05, 4.69) is 58.0 Å². The molecule has 0 aliphatic rings. The van der Waals surface area contributed by atoms with E-state index in [-0.39, 0.29) is 0 Å².